The number of nitrogens with zero attached hydrogens (tertiary/aromatic N) is 2. The summed E-state index contributed by atoms with van der Waals surface area (Å²) in [5.41, 5.74) is -0.0467. The zero-order valence-corrected chi connectivity index (χ0v) is 17.0. The monoisotopic (exact) mass is 459 g/mol. The number of alkyl halides is 3. The van der Waals surface area contributed by atoms with Crippen molar-refractivity contribution in [3.8, 4) is 16.9 Å². The minimum absolute atomic E-state index is 0.153. The molecule has 9 heteroatoms. The molecule has 0 fully saturated rings. The highest BCUT2D eigenvalue weighted by Gasteiger charge is 2.32. The predicted octanol–water partition coefficient (Wildman–Crippen LogP) is 6.60. The van der Waals surface area contributed by atoms with E-state index in [0.717, 1.165) is 11.6 Å². The van der Waals surface area contributed by atoms with E-state index in [1.807, 2.05) is 30.3 Å². The van der Waals surface area contributed by atoms with Crippen LogP contribution in [0.4, 0.5) is 23.4 Å². The van der Waals surface area contributed by atoms with Crippen LogP contribution in [-0.2, 0) is 6.18 Å². The maximum Gasteiger partial charge on any atom is 0.416 e. The Morgan fingerprint density at radius 2 is 1.62 bits per heavy atom. The van der Waals surface area contributed by atoms with Crippen molar-refractivity contribution in [3.05, 3.63) is 101 Å². The van der Waals surface area contributed by atoms with E-state index in [4.69, 9.17) is 11.6 Å². The van der Waals surface area contributed by atoms with Gasteiger partial charge in [-0.15, -0.1) is 0 Å². The Kier molecular flexibility index (Phi) is 5.71. The average molecular weight is 460 g/mol. The summed E-state index contributed by atoms with van der Waals surface area (Å²) in [5.74, 6) is -1.95. The Morgan fingerprint density at radius 1 is 0.938 bits per heavy atom. The quantitative estimate of drug-likeness (QED) is 0.349. The molecule has 0 aliphatic heterocycles. The summed E-state index contributed by atoms with van der Waals surface area (Å²) >= 11 is 6.28. The highest BCUT2D eigenvalue weighted by atomic mass is 35.5. The summed E-state index contributed by atoms with van der Waals surface area (Å²) in [6.07, 6.45) is -4.79. The molecule has 4 nitrogen and oxygen atoms in total. The molecule has 1 aromatic heterocycles. The zero-order chi connectivity index (χ0) is 22.9. The second-order valence-electron chi connectivity index (χ2n) is 6.82. The number of halogens is 5. The van der Waals surface area contributed by atoms with Gasteiger partial charge in [0, 0.05) is 17.2 Å². The Hall–Kier alpha value is -3.65. The lowest BCUT2D eigenvalue weighted by Crippen LogP contribution is -2.17. The molecular weight excluding hydrogens is 446 g/mol. The van der Waals surface area contributed by atoms with Crippen molar-refractivity contribution in [1.82, 2.24) is 9.78 Å². The number of anilines is 1. The minimum atomic E-state index is -4.79. The van der Waals surface area contributed by atoms with Gasteiger partial charge in [-0.2, -0.15) is 18.3 Å². The van der Waals surface area contributed by atoms with Crippen molar-refractivity contribution < 1.29 is 22.4 Å². The van der Waals surface area contributed by atoms with E-state index in [1.165, 1.54) is 4.68 Å². The molecule has 0 atom stereocenters. The fourth-order valence-electron chi connectivity index (χ4n) is 3.10. The van der Waals surface area contributed by atoms with Crippen LogP contribution >= 0.6 is 11.6 Å². The van der Waals surface area contributed by atoms with E-state index in [9.17, 15) is 22.4 Å². The summed E-state index contributed by atoms with van der Waals surface area (Å²) in [4.78, 5) is 12.7. The van der Waals surface area contributed by atoms with Crippen LogP contribution in [0.2, 0.25) is 5.02 Å². The topological polar surface area (TPSA) is 46.9 Å². The van der Waals surface area contributed by atoms with Crippen molar-refractivity contribution in [3.63, 3.8) is 0 Å². The molecule has 0 unspecified atom stereocenters. The van der Waals surface area contributed by atoms with Gasteiger partial charge in [0.15, 0.2) is 0 Å². The molecule has 1 heterocycles. The molecule has 4 rings (SSSR count). The first kappa shape index (κ1) is 21.6. The number of hydrogen-bond acceptors (Lipinski definition) is 2. The third-order valence-electron chi connectivity index (χ3n) is 4.59. The molecule has 0 aliphatic rings. The maximum absolute atomic E-state index is 13.8. The maximum atomic E-state index is 13.8. The lowest BCUT2D eigenvalue weighted by Gasteiger charge is -2.12. The lowest BCUT2D eigenvalue weighted by molar-refractivity contribution is -0.137. The second-order valence-corrected chi connectivity index (χ2v) is 7.23. The number of para-hydroxylation sites is 1. The van der Waals surface area contributed by atoms with Crippen LogP contribution in [0.15, 0.2) is 78.9 Å². The number of aromatic nitrogens is 2. The standard InChI is InChI=1S/C23H14ClF4N3O/c24-18-8-4-5-9-20(18)31-21(13-19(30-31)14-6-2-1-3-7-14)29-22(32)15-10-16(23(26,27)28)12-17(25)11-15/h1-13H,(H,29,32). The van der Waals surface area contributed by atoms with Crippen molar-refractivity contribution in [2.45, 2.75) is 6.18 Å². The van der Waals surface area contributed by atoms with E-state index in [0.29, 0.717) is 28.5 Å². The number of carbonyl (C=O) groups excluding carboxylic acids is 1. The fourth-order valence-corrected chi connectivity index (χ4v) is 3.32. The number of benzene rings is 3. The molecule has 3 aromatic carbocycles. The van der Waals surface area contributed by atoms with Gasteiger partial charge in [-0.25, -0.2) is 9.07 Å². The van der Waals surface area contributed by atoms with Crippen molar-refractivity contribution in [2.24, 2.45) is 0 Å². The van der Waals surface area contributed by atoms with E-state index in [-0.39, 0.29) is 5.82 Å². The molecule has 1 amide bonds. The van der Waals surface area contributed by atoms with Crippen LogP contribution < -0.4 is 5.32 Å². The van der Waals surface area contributed by atoms with Crippen LogP contribution in [0.1, 0.15) is 15.9 Å². The van der Waals surface area contributed by atoms with Gasteiger partial charge in [-0.1, -0.05) is 54.1 Å². The van der Waals surface area contributed by atoms with E-state index in [1.54, 1.807) is 30.3 Å². The van der Waals surface area contributed by atoms with Gasteiger partial charge in [-0.05, 0) is 30.3 Å². The third-order valence-corrected chi connectivity index (χ3v) is 4.91. The first-order valence-corrected chi connectivity index (χ1v) is 9.70. The highest BCUT2D eigenvalue weighted by molar-refractivity contribution is 6.32. The SMILES string of the molecule is O=C(Nc1cc(-c2ccccc2)nn1-c1ccccc1Cl)c1cc(F)cc(C(F)(F)F)c1. The largest absolute Gasteiger partial charge is 0.416 e. The molecule has 0 saturated carbocycles. The molecule has 1 N–H and O–H groups in total. The Labute approximate surface area is 185 Å². The van der Waals surface area contributed by atoms with Crippen molar-refractivity contribution >= 4 is 23.3 Å². The first-order chi connectivity index (χ1) is 15.2. The van der Waals surface area contributed by atoms with Crippen LogP contribution in [0.5, 0.6) is 0 Å². The normalized spacial score (nSPS) is 11.4. The smallest absolute Gasteiger partial charge is 0.306 e. The molecule has 0 spiro atoms. The number of carbonyl (C=O) groups is 1. The van der Waals surface area contributed by atoms with Gasteiger partial charge >= 0.3 is 6.18 Å². The van der Waals surface area contributed by atoms with Crippen LogP contribution in [0.3, 0.4) is 0 Å². The summed E-state index contributed by atoms with van der Waals surface area (Å²) in [5, 5.41) is 7.36. The molecule has 0 bridgehead atoms. The van der Waals surface area contributed by atoms with Crippen LogP contribution in [0, 0.1) is 5.82 Å². The summed E-state index contributed by atoms with van der Waals surface area (Å²) < 4.78 is 54.2. The van der Waals surface area contributed by atoms with Gasteiger partial charge in [0.25, 0.3) is 5.91 Å². The van der Waals surface area contributed by atoms with Crippen LogP contribution in [0.25, 0.3) is 16.9 Å². The van der Waals surface area contributed by atoms with E-state index < -0.39 is 29.0 Å². The van der Waals surface area contributed by atoms with Crippen molar-refractivity contribution in [1.29, 1.82) is 0 Å². The zero-order valence-electron chi connectivity index (χ0n) is 16.2. The van der Waals surface area contributed by atoms with Gasteiger partial charge in [0.1, 0.15) is 11.6 Å². The summed E-state index contributed by atoms with van der Waals surface area (Å²) in [6, 6.07) is 19.0. The summed E-state index contributed by atoms with van der Waals surface area (Å²) in [6.45, 7) is 0. The van der Waals surface area contributed by atoms with Gasteiger partial charge in [0.2, 0.25) is 0 Å². The fraction of sp³-hybridized carbons (Fsp3) is 0.0435. The molecule has 0 saturated heterocycles. The Bertz CT molecular complexity index is 1290. The number of nitrogens with one attached hydrogen (secondary N) is 1. The molecule has 4 aromatic rings. The lowest BCUT2D eigenvalue weighted by atomic mass is 10.1. The number of rotatable bonds is 4. The number of amides is 1. The second kappa shape index (κ2) is 8.47. The average Bonchev–Trinajstić information content (AvgIpc) is 3.17. The molecular formula is C23H14ClF4N3O. The Balaban J connectivity index is 1.76. The van der Waals surface area contributed by atoms with Crippen LogP contribution in [-0.4, -0.2) is 15.7 Å². The molecule has 162 valence electrons. The van der Waals surface area contributed by atoms with E-state index in [2.05, 4.69) is 10.4 Å². The minimum Gasteiger partial charge on any atom is -0.306 e. The van der Waals surface area contributed by atoms with Gasteiger partial charge in [0.05, 0.1) is 22.0 Å². The molecule has 32 heavy (non-hydrogen) atoms. The van der Waals surface area contributed by atoms with Gasteiger partial charge in [-0.3, -0.25) is 4.79 Å². The van der Waals surface area contributed by atoms with Gasteiger partial charge < -0.3 is 5.32 Å². The van der Waals surface area contributed by atoms with E-state index >= 15 is 0 Å². The first-order valence-electron chi connectivity index (χ1n) is 9.32. The Morgan fingerprint density at radius 3 is 2.31 bits per heavy atom. The molecule has 0 radical (unpaired) electrons. The highest BCUT2D eigenvalue weighted by Crippen LogP contribution is 2.31. The summed E-state index contributed by atoms with van der Waals surface area (Å²) in [7, 11) is 0. The number of hydrogen-bond donors (Lipinski definition) is 1. The predicted molar refractivity (Wildman–Crippen MR) is 113 cm³/mol. The van der Waals surface area contributed by atoms with Crippen molar-refractivity contribution in [2.75, 3.05) is 5.32 Å². The molecule has 0 aliphatic carbocycles. The third kappa shape index (κ3) is 4.50.